The van der Waals surface area contributed by atoms with Gasteiger partial charge in [-0.3, -0.25) is 0 Å². The van der Waals surface area contributed by atoms with Crippen LogP contribution in [0.3, 0.4) is 0 Å². The van der Waals surface area contributed by atoms with Gasteiger partial charge in [0.1, 0.15) is 0 Å². The summed E-state index contributed by atoms with van der Waals surface area (Å²) in [6, 6.07) is 8.16. The van der Waals surface area contributed by atoms with Gasteiger partial charge in [0.05, 0.1) is 0 Å². The Kier molecular flexibility index (Phi) is 8.25. The Morgan fingerprint density at radius 3 is 1.80 bits per heavy atom. The monoisotopic (exact) mass is 399 g/mol. The maximum absolute atomic E-state index is 11.8. The molecule has 0 aromatic heterocycles. The molecule has 0 amide bonds. The normalized spacial score (nSPS) is 18.1. The van der Waals surface area contributed by atoms with Gasteiger partial charge in [-0.15, -0.1) is 0 Å². The Bertz CT molecular complexity index is 732. The van der Waals surface area contributed by atoms with Gasteiger partial charge in [-0.2, -0.15) is 28.2 Å². The van der Waals surface area contributed by atoms with Gasteiger partial charge in [0.2, 0.25) is 0 Å². The third-order valence-corrected chi connectivity index (χ3v) is 13.9. The predicted octanol–water partition coefficient (Wildman–Crippen LogP) is 2.29. The first-order valence-corrected chi connectivity index (χ1v) is 13.1. The average Bonchev–Trinajstić information content (AvgIpc) is 2.98. The van der Waals surface area contributed by atoms with E-state index < -0.39 is 26.9 Å². The fourth-order valence-corrected chi connectivity index (χ4v) is 14.6. The Hall–Kier alpha value is -0.756. The Balaban J connectivity index is 0.000000460. The fraction of sp³-hybridized carbons (Fsp3) is 0.444. The number of nitrogens with one attached hydrogen (secondary N) is 1. The van der Waals surface area contributed by atoms with Crippen LogP contribution in [0.25, 0.3) is 10.6 Å². The Morgan fingerprint density at radius 2 is 1.48 bits per heavy atom. The van der Waals surface area contributed by atoms with E-state index in [4.69, 9.17) is 0 Å². The molecule has 0 fully saturated rings. The van der Waals surface area contributed by atoms with E-state index in [1.54, 1.807) is 28.2 Å². The minimum absolute atomic E-state index is 0.335. The van der Waals surface area contributed by atoms with Crippen LogP contribution in [-0.2, 0) is 26.9 Å². The SMILES string of the molecule is CC1=[C]([Ti+2]2([NH]S(C)(=O)=O)[c]3cccc[c]32)C(C)C=C1.C[N-]C.C[N-]C. The summed E-state index contributed by atoms with van der Waals surface area (Å²) in [4.78, 5) is 0. The molecule has 1 N–H and O–H groups in total. The summed E-state index contributed by atoms with van der Waals surface area (Å²) in [5.74, 6) is 0.335. The van der Waals surface area contributed by atoms with Crippen LogP contribution in [0.2, 0.25) is 0 Å². The fourth-order valence-electron chi connectivity index (χ4n) is 3.26. The smallest absolute Gasteiger partial charge is 0.162 e. The van der Waals surface area contributed by atoms with Crippen LogP contribution in [-0.4, -0.2) is 42.9 Å². The van der Waals surface area contributed by atoms with Gasteiger partial charge in [-0.1, -0.05) is 0 Å². The largest absolute Gasteiger partial charge is 0.668 e. The summed E-state index contributed by atoms with van der Waals surface area (Å²) < 4.78 is 30.5. The van der Waals surface area contributed by atoms with Gasteiger partial charge in [-0.25, -0.2) is 0 Å². The number of sulfonamides is 1. The molecule has 1 heterocycles. The number of nitrogens with zero attached hydrogens (tertiary/aromatic N) is 2. The molecule has 1 atom stereocenters. The van der Waals surface area contributed by atoms with Crippen molar-refractivity contribution in [1.82, 2.24) is 3.20 Å². The van der Waals surface area contributed by atoms with Gasteiger partial charge < -0.3 is 10.6 Å². The molecule has 1 aliphatic carbocycles. The van der Waals surface area contributed by atoms with Crippen LogP contribution in [0.5, 0.6) is 0 Å². The van der Waals surface area contributed by atoms with E-state index in [0.717, 1.165) is 0 Å². The summed E-state index contributed by atoms with van der Waals surface area (Å²) in [5, 5.41) is 7.00. The van der Waals surface area contributed by atoms with Crippen LogP contribution in [0.15, 0.2) is 45.9 Å². The second kappa shape index (κ2) is 9.26. The molecule has 1 aromatic carbocycles. The molecule has 2 aliphatic rings. The zero-order valence-electron chi connectivity index (χ0n) is 16.2. The molecule has 0 bridgehead atoms. The zero-order valence-corrected chi connectivity index (χ0v) is 18.5. The van der Waals surface area contributed by atoms with Crippen LogP contribution >= 0.6 is 0 Å². The number of hydrogen-bond donors (Lipinski definition) is 1. The summed E-state index contributed by atoms with van der Waals surface area (Å²) >= 11 is -2.95. The van der Waals surface area contributed by atoms with Gasteiger partial charge in [0, 0.05) is 0 Å². The molecule has 5 nitrogen and oxygen atoms in total. The standard InChI is InChI=1S/C7H9.C6H4.2C2H6N.CH4NO2S.Ti/c1-6-3-4-7(2)5-6;1-2-4-6-5-3-1;2*1-3-2;1-5(2,3)4;/h3-4,6H,1-2H3;1-4H;2*1-2H3;1H3,(H-,2,3,4);/q;;3*-1;+3. The Labute approximate surface area is 156 Å². The van der Waals surface area contributed by atoms with E-state index in [2.05, 4.69) is 52.0 Å². The third kappa shape index (κ3) is 5.12. The van der Waals surface area contributed by atoms with Crippen LogP contribution in [0, 0.1) is 5.92 Å². The van der Waals surface area contributed by atoms with Crippen molar-refractivity contribution in [3.63, 3.8) is 0 Å². The molecule has 138 valence electrons. The average molecular weight is 399 g/mol. The molecule has 3 rings (SSSR count). The first-order valence-electron chi connectivity index (χ1n) is 8.13. The van der Waals surface area contributed by atoms with E-state index in [9.17, 15) is 8.42 Å². The van der Waals surface area contributed by atoms with E-state index in [1.165, 1.54) is 23.4 Å². The summed E-state index contributed by atoms with van der Waals surface area (Å²) in [7, 11) is 3.80. The van der Waals surface area contributed by atoms with Crippen LogP contribution in [0.1, 0.15) is 13.8 Å². The number of hydrogen-bond acceptors (Lipinski definition) is 2. The molecule has 0 saturated carbocycles. The summed E-state index contributed by atoms with van der Waals surface area (Å²) in [5.41, 5.74) is 1.24. The van der Waals surface area contributed by atoms with Crippen molar-refractivity contribution < 1.29 is 25.3 Å². The molecule has 25 heavy (non-hydrogen) atoms. The predicted molar refractivity (Wildman–Crippen MR) is 105 cm³/mol. The van der Waals surface area contributed by atoms with Gasteiger partial charge >= 0.3 is 118 Å². The van der Waals surface area contributed by atoms with Gasteiger partial charge in [0.15, 0.2) is 0 Å². The molecule has 1 aliphatic heterocycles. The van der Waals surface area contributed by atoms with Crippen molar-refractivity contribution in [3.8, 4) is 0 Å². The number of fused-ring (bicyclic) bond motifs is 1. The minimum Gasteiger partial charge on any atom is -0.668 e. The van der Waals surface area contributed by atoms with Crippen LogP contribution in [0.4, 0.5) is 0 Å². The molecule has 1 aromatic rings. The summed E-state index contributed by atoms with van der Waals surface area (Å²) in [6.45, 7) is 4.24. The van der Waals surface area contributed by atoms with Crippen molar-refractivity contribution in [2.24, 2.45) is 5.92 Å². The molecule has 7 heteroatoms. The van der Waals surface area contributed by atoms with E-state index in [-0.39, 0.29) is 0 Å². The van der Waals surface area contributed by atoms with Crippen molar-refractivity contribution in [3.05, 3.63) is 56.5 Å². The number of benzene rings is 1. The minimum atomic E-state index is -3.20. The molecule has 0 spiro atoms. The van der Waals surface area contributed by atoms with Crippen molar-refractivity contribution >= 4 is 17.8 Å². The van der Waals surface area contributed by atoms with Crippen molar-refractivity contribution in [2.75, 3.05) is 34.4 Å². The molecule has 0 radical (unpaired) electrons. The first-order chi connectivity index (χ1) is 11.7. The second-order valence-electron chi connectivity index (χ2n) is 6.31. The molecule has 1 unspecified atom stereocenters. The molecular formula is C18H29N3O2STi. The van der Waals surface area contributed by atoms with E-state index >= 15 is 0 Å². The van der Waals surface area contributed by atoms with E-state index in [0.29, 0.717) is 5.92 Å². The van der Waals surface area contributed by atoms with Crippen molar-refractivity contribution in [2.45, 2.75) is 13.8 Å². The second-order valence-corrected chi connectivity index (χ2v) is 13.9. The quantitative estimate of drug-likeness (QED) is 0.792. The zero-order chi connectivity index (χ0) is 19.3. The first kappa shape index (κ1) is 22.3. The maximum atomic E-state index is 11.8. The third-order valence-electron chi connectivity index (χ3n) is 3.93. The number of rotatable bonds is 3. The molecular weight excluding hydrogens is 370 g/mol. The van der Waals surface area contributed by atoms with E-state index in [1.807, 2.05) is 12.1 Å². The summed E-state index contributed by atoms with van der Waals surface area (Å²) in [6.07, 6.45) is 5.55. The maximum Gasteiger partial charge on any atom is -0.162 e. The topological polar surface area (TPSA) is 74.4 Å². The van der Waals surface area contributed by atoms with Gasteiger partial charge in [0.25, 0.3) is 0 Å². The van der Waals surface area contributed by atoms with Crippen molar-refractivity contribution in [1.29, 1.82) is 0 Å². The molecule has 0 saturated heterocycles. The van der Waals surface area contributed by atoms with Gasteiger partial charge in [-0.05, 0) is 0 Å². The van der Waals surface area contributed by atoms with Crippen LogP contribution < -0.4 is 10.9 Å². The Morgan fingerprint density at radius 1 is 1.04 bits per heavy atom. The number of allylic oxidation sites excluding steroid dienone is 4.